The molecule has 0 heterocycles. The second-order valence-corrected chi connectivity index (χ2v) is 7.89. The lowest BCUT2D eigenvalue weighted by Gasteiger charge is -2.46. The molecule has 2 aliphatic rings. The molecule has 0 nitrogen and oxygen atoms in total. The van der Waals surface area contributed by atoms with Gasteiger partial charge in [0.1, 0.15) is 0 Å². The van der Waals surface area contributed by atoms with E-state index in [9.17, 15) is 0 Å². The average Bonchev–Trinajstić information content (AvgIpc) is 2.17. The van der Waals surface area contributed by atoms with Crippen LogP contribution in [0.5, 0.6) is 0 Å². The molecule has 14 heavy (non-hydrogen) atoms. The maximum absolute atomic E-state index is 2.77. The van der Waals surface area contributed by atoms with Crippen molar-refractivity contribution in [3.8, 4) is 0 Å². The van der Waals surface area contributed by atoms with Gasteiger partial charge in [-0.2, -0.15) is 0 Å². The normalized spacial score (nSPS) is 43.7. The van der Waals surface area contributed by atoms with Crippen LogP contribution in [-0.2, 0) is 0 Å². The van der Waals surface area contributed by atoms with Crippen LogP contribution in [0.4, 0.5) is 0 Å². The molecule has 0 aromatic rings. The highest BCUT2D eigenvalue weighted by Gasteiger charge is 2.41. The number of rotatable bonds is 1. The summed E-state index contributed by atoms with van der Waals surface area (Å²) in [5, 5.41) is 0. The van der Waals surface area contributed by atoms with Gasteiger partial charge in [0, 0.05) is 3.42 Å². The molecule has 0 aromatic heterocycles. The summed E-state index contributed by atoms with van der Waals surface area (Å²) in [5.74, 6) is 3.05. The molecule has 2 unspecified atom stereocenters. The Hall–Kier alpha value is 0.730. The van der Waals surface area contributed by atoms with E-state index in [1.54, 1.807) is 0 Å². The molecule has 2 fully saturated rings. The van der Waals surface area contributed by atoms with E-state index in [0.29, 0.717) is 3.42 Å². The zero-order chi connectivity index (χ0) is 10.2. The van der Waals surface area contributed by atoms with Crippen molar-refractivity contribution in [2.75, 3.05) is 0 Å². The summed E-state index contributed by atoms with van der Waals surface area (Å²) in [4.78, 5) is 0. The van der Waals surface area contributed by atoms with Gasteiger partial charge in [-0.05, 0) is 37.0 Å². The first-order valence-corrected chi connectivity index (χ1v) is 7.38. The molecule has 82 valence electrons. The van der Waals surface area contributed by atoms with Gasteiger partial charge in [-0.15, -0.1) is 0 Å². The van der Waals surface area contributed by atoms with Gasteiger partial charge in [0.25, 0.3) is 0 Å². The number of halogens is 1. The number of alkyl halides is 1. The lowest BCUT2D eigenvalue weighted by molar-refractivity contribution is 0.133. The summed E-state index contributed by atoms with van der Waals surface area (Å²) in [6.07, 6.45) is 10.6. The minimum atomic E-state index is 0.635. The first kappa shape index (κ1) is 11.2. The minimum Gasteiger partial charge on any atom is -0.0786 e. The van der Waals surface area contributed by atoms with E-state index in [0.717, 1.165) is 17.8 Å². The number of hydrogen-bond acceptors (Lipinski definition) is 0. The van der Waals surface area contributed by atoms with Gasteiger partial charge in [0.15, 0.2) is 0 Å². The molecule has 0 saturated heterocycles. The largest absolute Gasteiger partial charge is 0.0786 e. The van der Waals surface area contributed by atoms with Gasteiger partial charge in [0.05, 0.1) is 0 Å². The van der Waals surface area contributed by atoms with E-state index in [1.807, 2.05) is 0 Å². The molecule has 0 aliphatic heterocycles. The summed E-state index contributed by atoms with van der Waals surface area (Å²) < 4.78 is 0.635. The summed E-state index contributed by atoms with van der Waals surface area (Å²) in [7, 11) is 0. The molecule has 0 N–H and O–H groups in total. The summed E-state index contributed by atoms with van der Waals surface area (Å²) >= 11 is 2.77. The van der Waals surface area contributed by atoms with E-state index in [-0.39, 0.29) is 0 Å². The van der Waals surface area contributed by atoms with Gasteiger partial charge >= 0.3 is 0 Å². The Morgan fingerprint density at radius 1 is 1.07 bits per heavy atom. The lowest BCUT2D eigenvalue weighted by atomic mass is 9.65. The van der Waals surface area contributed by atoms with Crippen LogP contribution in [-0.4, -0.2) is 3.42 Å². The highest BCUT2D eigenvalue weighted by atomic mass is 127. The third-order valence-electron chi connectivity index (χ3n) is 4.63. The van der Waals surface area contributed by atoms with Crippen LogP contribution < -0.4 is 0 Å². The van der Waals surface area contributed by atoms with Gasteiger partial charge < -0.3 is 0 Å². The van der Waals surface area contributed by atoms with Crippen LogP contribution in [0.2, 0.25) is 0 Å². The Morgan fingerprint density at radius 3 is 2.36 bits per heavy atom. The van der Waals surface area contributed by atoms with E-state index >= 15 is 0 Å². The zero-order valence-corrected chi connectivity index (χ0v) is 11.7. The van der Waals surface area contributed by atoms with Crippen molar-refractivity contribution >= 4 is 22.6 Å². The zero-order valence-electron chi connectivity index (χ0n) is 9.56. The molecule has 2 rings (SSSR count). The fraction of sp³-hybridized carbons (Fsp3) is 1.00. The maximum atomic E-state index is 2.77. The molecule has 2 aliphatic carbocycles. The molecule has 3 atom stereocenters. The van der Waals surface area contributed by atoms with Crippen LogP contribution in [0.1, 0.15) is 58.8 Å². The average molecular weight is 306 g/mol. The van der Waals surface area contributed by atoms with Crippen molar-refractivity contribution < 1.29 is 0 Å². The molecule has 0 amide bonds. The first-order valence-electron chi connectivity index (χ1n) is 6.31. The van der Waals surface area contributed by atoms with Crippen molar-refractivity contribution in [2.24, 2.45) is 17.8 Å². The molecular formula is C13H23I. The van der Waals surface area contributed by atoms with Gasteiger partial charge in [-0.3, -0.25) is 0 Å². The van der Waals surface area contributed by atoms with Gasteiger partial charge in [-0.25, -0.2) is 0 Å². The van der Waals surface area contributed by atoms with Crippen molar-refractivity contribution in [1.82, 2.24) is 0 Å². The van der Waals surface area contributed by atoms with Crippen LogP contribution in [0.15, 0.2) is 0 Å². The molecule has 2 saturated carbocycles. The maximum Gasteiger partial charge on any atom is 0.0248 e. The Balaban J connectivity index is 2.02. The number of hydrogen-bond donors (Lipinski definition) is 0. The second kappa shape index (κ2) is 4.31. The molecule has 0 bridgehead atoms. The predicted octanol–water partition coefficient (Wildman–Crippen LogP) is 4.81. The van der Waals surface area contributed by atoms with E-state index in [1.165, 1.54) is 44.9 Å². The Kier molecular flexibility index (Phi) is 3.45. The van der Waals surface area contributed by atoms with Crippen LogP contribution >= 0.6 is 22.6 Å². The fourth-order valence-corrected chi connectivity index (χ4v) is 4.30. The van der Waals surface area contributed by atoms with Gasteiger partial charge in [-0.1, -0.05) is 62.1 Å². The molecule has 0 radical (unpaired) electrons. The highest BCUT2D eigenvalue weighted by molar-refractivity contribution is 14.1. The van der Waals surface area contributed by atoms with Gasteiger partial charge in [0.2, 0.25) is 0 Å². The quantitative estimate of drug-likeness (QED) is 0.482. The fourth-order valence-electron chi connectivity index (χ4n) is 3.42. The predicted molar refractivity (Wildman–Crippen MR) is 70.9 cm³/mol. The third-order valence-corrected chi connectivity index (χ3v) is 6.86. The molecule has 0 spiro atoms. The van der Waals surface area contributed by atoms with E-state index < -0.39 is 0 Å². The molecule has 1 heteroatoms. The Bertz CT molecular complexity index is 199. The molecule has 0 aromatic carbocycles. The SMILES string of the molecule is CC(C)C1(I)CC[C@@H]2CCCCC2C1. The highest BCUT2D eigenvalue weighted by Crippen LogP contribution is 2.50. The second-order valence-electron chi connectivity index (χ2n) is 5.74. The van der Waals surface area contributed by atoms with Crippen molar-refractivity contribution in [1.29, 1.82) is 0 Å². The van der Waals surface area contributed by atoms with Crippen molar-refractivity contribution in [2.45, 2.75) is 62.2 Å². The summed E-state index contributed by atoms with van der Waals surface area (Å²) in [6.45, 7) is 4.82. The van der Waals surface area contributed by atoms with Crippen molar-refractivity contribution in [3.63, 3.8) is 0 Å². The Morgan fingerprint density at radius 2 is 1.71 bits per heavy atom. The van der Waals surface area contributed by atoms with Crippen LogP contribution in [0, 0.1) is 17.8 Å². The minimum absolute atomic E-state index is 0.635. The number of fused-ring (bicyclic) bond motifs is 1. The van der Waals surface area contributed by atoms with Crippen molar-refractivity contribution in [3.05, 3.63) is 0 Å². The molecular weight excluding hydrogens is 283 g/mol. The van der Waals surface area contributed by atoms with E-state index in [4.69, 9.17) is 0 Å². The van der Waals surface area contributed by atoms with Crippen LogP contribution in [0.3, 0.4) is 0 Å². The standard InChI is InChI=1S/C13H23I/c1-10(2)13(14)8-7-11-5-3-4-6-12(11)9-13/h10-12H,3-9H2,1-2H3/t11-,12?,13?/m0/s1. The van der Waals surface area contributed by atoms with E-state index in [2.05, 4.69) is 36.4 Å². The van der Waals surface area contributed by atoms with Crippen LogP contribution in [0.25, 0.3) is 0 Å². The lowest BCUT2D eigenvalue weighted by Crippen LogP contribution is -2.39. The topological polar surface area (TPSA) is 0 Å². The smallest absolute Gasteiger partial charge is 0.0248 e. The Labute approximate surface area is 102 Å². The monoisotopic (exact) mass is 306 g/mol. The first-order chi connectivity index (χ1) is 6.62. The summed E-state index contributed by atoms with van der Waals surface area (Å²) in [6, 6.07) is 0. The summed E-state index contributed by atoms with van der Waals surface area (Å²) in [5.41, 5.74) is 0. The third kappa shape index (κ3) is 2.12.